The second kappa shape index (κ2) is 12.0. The van der Waals surface area contributed by atoms with Gasteiger partial charge in [0.25, 0.3) is 5.91 Å². The van der Waals surface area contributed by atoms with Crippen LogP contribution in [-0.4, -0.2) is 56.8 Å². The van der Waals surface area contributed by atoms with E-state index in [0.29, 0.717) is 43.9 Å². The average molecular weight is 548 g/mol. The van der Waals surface area contributed by atoms with Crippen LogP contribution in [0.4, 0.5) is 5.69 Å². The average Bonchev–Trinajstić information content (AvgIpc) is 3.52. The highest BCUT2D eigenvalue weighted by molar-refractivity contribution is 7.89. The van der Waals surface area contributed by atoms with Gasteiger partial charge in [-0.05, 0) is 61.1 Å². The maximum absolute atomic E-state index is 13.3. The quantitative estimate of drug-likeness (QED) is 0.442. The number of amides is 2. The molecule has 0 bridgehead atoms. The van der Waals surface area contributed by atoms with Gasteiger partial charge >= 0.3 is 0 Å². The van der Waals surface area contributed by atoms with Crippen molar-refractivity contribution in [1.82, 2.24) is 9.62 Å². The predicted octanol–water partition coefficient (Wildman–Crippen LogP) is 3.56. The zero-order chi connectivity index (χ0) is 27.2. The van der Waals surface area contributed by atoms with Crippen LogP contribution >= 0.6 is 0 Å². The van der Waals surface area contributed by atoms with Gasteiger partial charge in [0.15, 0.2) is 6.10 Å². The van der Waals surface area contributed by atoms with E-state index in [1.807, 2.05) is 48.5 Å². The third kappa shape index (κ3) is 6.32. The minimum absolute atomic E-state index is 0.124. The van der Waals surface area contributed by atoms with Crippen molar-refractivity contribution in [2.45, 2.75) is 43.1 Å². The topological polar surface area (TPSA) is 96.0 Å². The molecule has 0 aromatic heterocycles. The van der Waals surface area contributed by atoms with E-state index in [-0.39, 0.29) is 29.7 Å². The number of nitrogens with zero attached hydrogens (tertiary/aromatic N) is 2. The van der Waals surface area contributed by atoms with Crippen LogP contribution in [0.25, 0.3) is 0 Å². The van der Waals surface area contributed by atoms with Crippen molar-refractivity contribution in [1.29, 1.82) is 0 Å². The van der Waals surface area contributed by atoms with Gasteiger partial charge in [0.05, 0.1) is 17.1 Å². The summed E-state index contributed by atoms with van der Waals surface area (Å²) in [5.41, 5.74) is 2.65. The van der Waals surface area contributed by atoms with E-state index in [4.69, 9.17) is 4.74 Å². The van der Waals surface area contributed by atoms with Crippen molar-refractivity contribution in [3.8, 4) is 5.75 Å². The molecule has 9 heteroatoms. The fourth-order valence-corrected chi connectivity index (χ4v) is 6.50. The highest BCUT2D eigenvalue weighted by Crippen LogP contribution is 2.33. The summed E-state index contributed by atoms with van der Waals surface area (Å²) in [6.07, 6.45) is 2.34. The van der Waals surface area contributed by atoms with Gasteiger partial charge < -0.3 is 15.0 Å². The van der Waals surface area contributed by atoms with Crippen LogP contribution in [0.5, 0.6) is 5.75 Å². The lowest BCUT2D eigenvalue weighted by molar-refractivity contribution is -0.128. The van der Waals surface area contributed by atoms with Crippen molar-refractivity contribution < 1.29 is 22.7 Å². The molecular weight excluding hydrogens is 514 g/mol. The fraction of sp³-hybridized carbons (Fsp3) is 0.333. The lowest BCUT2D eigenvalue weighted by Gasteiger charge is -2.34. The largest absolute Gasteiger partial charge is 0.477 e. The fourth-order valence-electron chi connectivity index (χ4n) is 4.99. The first-order chi connectivity index (χ1) is 18.9. The van der Waals surface area contributed by atoms with E-state index in [1.165, 1.54) is 4.31 Å². The minimum atomic E-state index is -3.47. The molecule has 0 spiro atoms. The van der Waals surface area contributed by atoms with E-state index in [2.05, 4.69) is 5.32 Å². The van der Waals surface area contributed by atoms with Crippen molar-refractivity contribution in [3.63, 3.8) is 0 Å². The molecule has 5 rings (SSSR count). The Labute approximate surface area is 229 Å². The molecule has 0 radical (unpaired) electrons. The van der Waals surface area contributed by atoms with Gasteiger partial charge in [0.1, 0.15) is 5.75 Å². The van der Waals surface area contributed by atoms with Gasteiger partial charge in [-0.2, -0.15) is 4.31 Å². The third-order valence-electron chi connectivity index (χ3n) is 7.18. The smallest absolute Gasteiger partial charge is 0.262 e. The van der Waals surface area contributed by atoms with Crippen molar-refractivity contribution in [3.05, 3.63) is 90.0 Å². The molecule has 2 heterocycles. The Morgan fingerprint density at radius 3 is 2.26 bits per heavy atom. The molecule has 1 atom stereocenters. The number of para-hydroxylation sites is 2. The molecule has 0 aliphatic carbocycles. The molecule has 3 aromatic rings. The molecule has 2 aliphatic rings. The summed E-state index contributed by atoms with van der Waals surface area (Å²) in [6, 6.07) is 23.9. The Morgan fingerprint density at radius 2 is 1.51 bits per heavy atom. The number of benzene rings is 3. The van der Waals surface area contributed by atoms with Gasteiger partial charge in [0.2, 0.25) is 15.9 Å². The molecule has 8 nitrogen and oxygen atoms in total. The summed E-state index contributed by atoms with van der Waals surface area (Å²) < 4.78 is 33.0. The van der Waals surface area contributed by atoms with Crippen molar-refractivity contribution in [2.75, 3.05) is 31.1 Å². The Hall–Kier alpha value is -3.69. The Bertz CT molecular complexity index is 1400. The minimum Gasteiger partial charge on any atom is -0.477 e. The number of sulfonamides is 1. The van der Waals surface area contributed by atoms with Gasteiger partial charge in [-0.15, -0.1) is 0 Å². The van der Waals surface area contributed by atoms with Gasteiger partial charge in [0, 0.05) is 26.1 Å². The standard InChI is InChI=1S/C30H33N3O5S/c34-29(17-14-24-12-15-25(16-13-24)39(36,37)32-20-6-7-21-32)33-22-28(38-27-11-5-4-10-26(27)33)30(35)31-19-18-23-8-2-1-3-9-23/h1-5,8-13,15-16,28H,6-7,14,17-22H2,(H,31,35)/t28-/m0/s1. The zero-order valence-corrected chi connectivity index (χ0v) is 22.6. The molecule has 39 heavy (non-hydrogen) atoms. The molecule has 2 aliphatic heterocycles. The normalized spacial score (nSPS) is 17.3. The molecule has 0 saturated carbocycles. The molecule has 1 fully saturated rings. The van der Waals surface area contributed by atoms with E-state index in [0.717, 1.165) is 24.0 Å². The van der Waals surface area contributed by atoms with Crippen molar-refractivity contribution in [2.24, 2.45) is 0 Å². The van der Waals surface area contributed by atoms with E-state index in [1.54, 1.807) is 35.2 Å². The second-order valence-electron chi connectivity index (χ2n) is 9.86. The first kappa shape index (κ1) is 26.9. The highest BCUT2D eigenvalue weighted by atomic mass is 32.2. The molecule has 1 saturated heterocycles. The first-order valence-electron chi connectivity index (χ1n) is 13.4. The number of hydrogen-bond donors (Lipinski definition) is 1. The van der Waals surface area contributed by atoms with Crippen LogP contribution in [0.3, 0.4) is 0 Å². The Balaban J connectivity index is 1.20. The number of nitrogens with one attached hydrogen (secondary N) is 1. The van der Waals surface area contributed by atoms with Crippen LogP contribution in [0.15, 0.2) is 83.8 Å². The number of rotatable bonds is 9. The molecule has 1 N–H and O–H groups in total. The van der Waals surface area contributed by atoms with Crippen LogP contribution in [-0.2, 0) is 32.5 Å². The lowest BCUT2D eigenvalue weighted by atomic mass is 10.1. The number of hydrogen-bond acceptors (Lipinski definition) is 5. The van der Waals surface area contributed by atoms with Crippen LogP contribution < -0.4 is 15.0 Å². The highest BCUT2D eigenvalue weighted by Gasteiger charge is 2.33. The van der Waals surface area contributed by atoms with Crippen molar-refractivity contribution >= 4 is 27.5 Å². The number of carbonyl (C=O) groups excluding carboxylic acids is 2. The van der Waals surface area contributed by atoms with Crippen LogP contribution in [0.2, 0.25) is 0 Å². The third-order valence-corrected chi connectivity index (χ3v) is 9.09. The molecular formula is C30H33N3O5S. The number of anilines is 1. The molecule has 2 amide bonds. The predicted molar refractivity (Wildman–Crippen MR) is 149 cm³/mol. The summed E-state index contributed by atoms with van der Waals surface area (Å²) in [5, 5.41) is 2.93. The summed E-state index contributed by atoms with van der Waals surface area (Å²) in [5.74, 6) is 0.117. The molecule has 0 unspecified atom stereocenters. The van der Waals surface area contributed by atoms with E-state index >= 15 is 0 Å². The number of ether oxygens (including phenoxy) is 1. The van der Waals surface area contributed by atoms with Crippen LogP contribution in [0.1, 0.15) is 30.4 Å². The number of carbonyl (C=O) groups is 2. The summed E-state index contributed by atoms with van der Waals surface area (Å²) in [7, 11) is -3.47. The van der Waals surface area contributed by atoms with Crippen LogP contribution in [0, 0.1) is 0 Å². The summed E-state index contributed by atoms with van der Waals surface area (Å²) in [6.45, 7) is 1.72. The molecule has 204 valence electrons. The first-order valence-corrected chi connectivity index (χ1v) is 14.8. The van der Waals surface area contributed by atoms with Gasteiger partial charge in [-0.1, -0.05) is 54.6 Å². The Kier molecular flexibility index (Phi) is 8.28. The maximum Gasteiger partial charge on any atom is 0.262 e. The number of fused-ring (bicyclic) bond motifs is 1. The SMILES string of the molecule is O=C(NCCc1ccccc1)[C@@H]1CN(C(=O)CCc2ccc(S(=O)(=O)N3CCCC3)cc2)c2ccccc2O1. The lowest BCUT2D eigenvalue weighted by Crippen LogP contribution is -2.51. The second-order valence-corrected chi connectivity index (χ2v) is 11.8. The summed E-state index contributed by atoms with van der Waals surface area (Å²) in [4.78, 5) is 28.2. The molecule has 3 aromatic carbocycles. The maximum atomic E-state index is 13.3. The van der Waals surface area contributed by atoms with Gasteiger partial charge in [-0.3, -0.25) is 9.59 Å². The summed E-state index contributed by atoms with van der Waals surface area (Å²) >= 11 is 0. The van der Waals surface area contributed by atoms with Gasteiger partial charge in [-0.25, -0.2) is 8.42 Å². The monoisotopic (exact) mass is 547 g/mol. The zero-order valence-electron chi connectivity index (χ0n) is 21.8. The number of aryl methyl sites for hydroxylation is 1. The Morgan fingerprint density at radius 1 is 0.846 bits per heavy atom. The van der Waals surface area contributed by atoms with E-state index in [9.17, 15) is 18.0 Å². The van der Waals surface area contributed by atoms with E-state index < -0.39 is 16.1 Å².